The lowest BCUT2D eigenvalue weighted by atomic mass is 10.2. The van der Waals surface area contributed by atoms with Gasteiger partial charge in [-0.2, -0.15) is 0 Å². The Morgan fingerprint density at radius 2 is 1.96 bits per heavy atom. The molecule has 0 aliphatic heterocycles. The third-order valence-electron chi connectivity index (χ3n) is 2.95. The summed E-state index contributed by atoms with van der Waals surface area (Å²) in [5.74, 6) is 0.476. The lowest BCUT2D eigenvalue weighted by Crippen LogP contribution is -2.22. The molecule has 1 unspecified atom stereocenters. The predicted octanol–water partition coefficient (Wildman–Crippen LogP) is 5.37. The molecule has 2 rings (SSSR count). The van der Waals surface area contributed by atoms with Crippen molar-refractivity contribution in [1.82, 2.24) is 5.09 Å². The zero-order chi connectivity index (χ0) is 18.5. The maximum Gasteiger partial charge on any atom is 0.320 e. The molecule has 0 saturated heterocycles. The quantitative estimate of drug-likeness (QED) is 0.471. The summed E-state index contributed by atoms with van der Waals surface area (Å²) < 4.78 is 12.0. The monoisotopic (exact) mass is 425 g/mol. The highest BCUT2D eigenvalue weighted by molar-refractivity contribution is 9.10. The Balaban J connectivity index is 0.00000151. The van der Waals surface area contributed by atoms with Crippen LogP contribution < -0.4 is 9.61 Å². The molecule has 1 N–H and O–H groups in total. The second-order valence-corrected chi connectivity index (χ2v) is 7.26. The molecule has 1 aromatic carbocycles. The zero-order valence-corrected chi connectivity index (χ0v) is 17.3. The van der Waals surface area contributed by atoms with Crippen molar-refractivity contribution >= 4 is 30.2 Å². The van der Waals surface area contributed by atoms with Gasteiger partial charge in [-0.1, -0.05) is 60.2 Å². The Bertz CT molecular complexity index is 612. The van der Waals surface area contributed by atoms with Gasteiger partial charge < -0.3 is 9.26 Å². The molecular weight excluding hydrogens is 401 g/mol. The van der Waals surface area contributed by atoms with Crippen molar-refractivity contribution < 1.29 is 14.1 Å². The van der Waals surface area contributed by atoms with Crippen LogP contribution in [0.4, 0.5) is 0 Å². The van der Waals surface area contributed by atoms with E-state index in [4.69, 9.17) is 9.26 Å². The highest BCUT2D eigenvalue weighted by Crippen LogP contribution is 2.30. The first-order chi connectivity index (χ1) is 12.1. The fourth-order valence-electron chi connectivity index (χ4n) is 1.80. The molecule has 1 aliphatic rings. The molecular formula is C19H25BrNO3P. The molecule has 1 atom stereocenters. The summed E-state index contributed by atoms with van der Waals surface area (Å²) in [6, 6.07) is 7.58. The SMILES string of the molecule is CC.CP(NCC(=O)OCC1=CC=CCC=C1)Oc1ccc(Br)cc1. The van der Waals surface area contributed by atoms with Crippen LogP contribution in [0.15, 0.2) is 64.7 Å². The smallest absolute Gasteiger partial charge is 0.320 e. The molecule has 1 aliphatic carbocycles. The molecule has 6 heteroatoms. The third kappa shape index (κ3) is 9.59. The summed E-state index contributed by atoms with van der Waals surface area (Å²) in [6.45, 7) is 6.33. The zero-order valence-electron chi connectivity index (χ0n) is 14.9. The van der Waals surface area contributed by atoms with Crippen molar-refractivity contribution in [3.8, 4) is 5.75 Å². The standard InChI is InChI=1S/C17H19BrNO3P.C2H6/c1-23(22-16-10-8-15(18)9-11-16)19-12-17(20)21-13-14-6-4-2-3-5-7-14;1-2/h2,4-11,19H,3,12-13H2,1H3;1-2H3. The van der Waals surface area contributed by atoms with Crippen molar-refractivity contribution in [3.05, 3.63) is 64.7 Å². The molecule has 0 bridgehead atoms. The second-order valence-electron chi connectivity index (χ2n) is 4.85. The summed E-state index contributed by atoms with van der Waals surface area (Å²) in [7, 11) is -0.934. The number of allylic oxidation sites excluding steroid dienone is 4. The largest absolute Gasteiger partial charge is 0.460 e. The first-order valence-corrected chi connectivity index (χ1v) is 10.7. The normalized spacial score (nSPS) is 13.8. The number of carbonyl (C=O) groups excluding carboxylic acids is 1. The lowest BCUT2D eigenvalue weighted by molar-refractivity contribution is -0.141. The number of benzene rings is 1. The average molecular weight is 426 g/mol. The van der Waals surface area contributed by atoms with Crippen molar-refractivity contribution in [2.24, 2.45) is 0 Å². The molecule has 0 heterocycles. The van der Waals surface area contributed by atoms with Gasteiger partial charge in [-0.15, -0.1) is 0 Å². The highest BCUT2D eigenvalue weighted by Gasteiger charge is 2.09. The number of hydrogen-bond donors (Lipinski definition) is 1. The van der Waals surface area contributed by atoms with E-state index in [9.17, 15) is 4.79 Å². The third-order valence-corrected chi connectivity index (χ3v) is 4.57. The molecule has 0 radical (unpaired) electrons. The number of ether oxygens (including phenoxy) is 1. The van der Waals surface area contributed by atoms with Gasteiger partial charge >= 0.3 is 5.97 Å². The van der Waals surface area contributed by atoms with E-state index >= 15 is 0 Å². The van der Waals surface area contributed by atoms with Crippen molar-refractivity contribution in [1.29, 1.82) is 0 Å². The molecule has 0 saturated carbocycles. The molecule has 1 aromatic rings. The minimum atomic E-state index is -0.934. The van der Waals surface area contributed by atoms with Crippen LogP contribution in [-0.4, -0.2) is 25.8 Å². The molecule has 136 valence electrons. The Morgan fingerprint density at radius 1 is 1.24 bits per heavy atom. The summed E-state index contributed by atoms with van der Waals surface area (Å²) in [5, 5.41) is 3.05. The van der Waals surface area contributed by atoms with E-state index in [0.29, 0.717) is 0 Å². The van der Waals surface area contributed by atoms with Crippen LogP contribution in [-0.2, 0) is 9.53 Å². The first-order valence-electron chi connectivity index (χ1n) is 8.22. The van der Waals surface area contributed by atoms with Gasteiger partial charge in [0.2, 0.25) is 0 Å². The van der Waals surface area contributed by atoms with Crippen LogP contribution in [0, 0.1) is 0 Å². The fourth-order valence-corrected chi connectivity index (χ4v) is 2.92. The van der Waals surface area contributed by atoms with Gasteiger partial charge in [-0.05, 0) is 36.3 Å². The summed E-state index contributed by atoms with van der Waals surface area (Å²) in [5.41, 5.74) is 0.983. The van der Waals surface area contributed by atoms with Gasteiger partial charge in [-0.25, -0.2) is 0 Å². The van der Waals surface area contributed by atoms with Gasteiger partial charge in [0, 0.05) is 11.1 Å². The van der Waals surface area contributed by atoms with Crippen molar-refractivity contribution in [2.75, 3.05) is 19.8 Å². The van der Waals surface area contributed by atoms with Gasteiger partial charge in [0.05, 0.1) is 0 Å². The van der Waals surface area contributed by atoms with Gasteiger partial charge in [0.25, 0.3) is 0 Å². The molecule has 0 spiro atoms. The Hall–Kier alpha value is -1.42. The topological polar surface area (TPSA) is 47.6 Å². The highest BCUT2D eigenvalue weighted by atomic mass is 79.9. The average Bonchev–Trinajstić information content (AvgIpc) is 2.91. The van der Waals surface area contributed by atoms with E-state index in [2.05, 4.69) is 27.1 Å². The van der Waals surface area contributed by atoms with E-state index in [1.165, 1.54) is 0 Å². The summed E-state index contributed by atoms with van der Waals surface area (Å²) >= 11 is 3.38. The number of nitrogens with one attached hydrogen (secondary N) is 1. The van der Waals surface area contributed by atoms with Crippen LogP contribution >= 0.6 is 24.2 Å². The minimum Gasteiger partial charge on any atom is -0.460 e. The predicted molar refractivity (Wildman–Crippen MR) is 109 cm³/mol. The molecule has 4 nitrogen and oxygen atoms in total. The van der Waals surface area contributed by atoms with Crippen LogP contribution in [0.2, 0.25) is 0 Å². The summed E-state index contributed by atoms with van der Waals surface area (Å²) in [6.07, 6.45) is 10.9. The Kier molecular flexibility index (Phi) is 11.1. The number of hydrogen-bond acceptors (Lipinski definition) is 4. The van der Waals surface area contributed by atoms with Crippen molar-refractivity contribution in [3.63, 3.8) is 0 Å². The number of esters is 1. The number of carbonyl (C=O) groups is 1. The molecule has 0 fully saturated rings. The Labute approximate surface area is 160 Å². The van der Waals surface area contributed by atoms with E-state index in [1.807, 2.05) is 69.1 Å². The molecule has 0 amide bonds. The molecule has 25 heavy (non-hydrogen) atoms. The van der Waals surface area contributed by atoms with Gasteiger partial charge in [0.1, 0.15) is 18.9 Å². The van der Waals surface area contributed by atoms with E-state index < -0.39 is 8.30 Å². The molecule has 0 aromatic heterocycles. The van der Waals surface area contributed by atoms with Gasteiger partial charge in [-0.3, -0.25) is 9.88 Å². The maximum atomic E-state index is 11.8. The second kappa shape index (κ2) is 12.9. The van der Waals surface area contributed by atoms with Crippen LogP contribution in [0.25, 0.3) is 0 Å². The van der Waals surface area contributed by atoms with Crippen LogP contribution in [0.3, 0.4) is 0 Å². The Morgan fingerprint density at radius 3 is 2.68 bits per heavy atom. The number of rotatable bonds is 7. The van der Waals surface area contributed by atoms with E-state index in [0.717, 1.165) is 22.2 Å². The van der Waals surface area contributed by atoms with E-state index in [1.54, 1.807) is 0 Å². The van der Waals surface area contributed by atoms with Crippen LogP contribution in [0.1, 0.15) is 20.3 Å². The van der Waals surface area contributed by atoms with Crippen molar-refractivity contribution in [2.45, 2.75) is 20.3 Å². The summed E-state index contributed by atoms with van der Waals surface area (Å²) in [4.78, 5) is 11.8. The lowest BCUT2D eigenvalue weighted by Gasteiger charge is -2.15. The van der Waals surface area contributed by atoms with Crippen LogP contribution in [0.5, 0.6) is 5.75 Å². The minimum absolute atomic E-state index is 0.131. The first kappa shape index (κ1) is 21.6. The maximum absolute atomic E-state index is 11.8. The van der Waals surface area contributed by atoms with Gasteiger partial charge in [0.15, 0.2) is 8.30 Å². The van der Waals surface area contributed by atoms with E-state index in [-0.39, 0.29) is 19.1 Å². The number of halogens is 1. The fraction of sp³-hybridized carbons (Fsp3) is 0.316.